The van der Waals surface area contributed by atoms with E-state index < -0.39 is 5.41 Å². The van der Waals surface area contributed by atoms with Crippen molar-refractivity contribution < 1.29 is 4.79 Å². The lowest BCUT2D eigenvalue weighted by atomic mass is 9.72. The average molecular weight is 421 g/mol. The van der Waals surface area contributed by atoms with Gasteiger partial charge in [0.15, 0.2) is 0 Å². The maximum atomic E-state index is 12.2. The van der Waals surface area contributed by atoms with E-state index in [0.29, 0.717) is 5.92 Å². The molecule has 0 saturated carbocycles. The summed E-state index contributed by atoms with van der Waals surface area (Å²) in [6.07, 6.45) is 19.6. The quantitative estimate of drug-likeness (QED) is 0.171. The van der Waals surface area contributed by atoms with Gasteiger partial charge in [0.05, 0.1) is 0 Å². The van der Waals surface area contributed by atoms with Gasteiger partial charge in [0, 0.05) is 5.41 Å². The second-order valence-electron chi connectivity index (χ2n) is 9.29. The number of rotatable bonds is 18. The topological polar surface area (TPSA) is 17.1 Å². The molecule has 1 nitrogen and oxygen atoms in total. The fraction of sp³-hybridized carbons (Fsp3) is 0.741. The molecule has 0 aromatic heterocycles. The Balaban J connectivity index is 2.12. The fourth-order valence-corrected chi connectivity index (χ4v) is 4.50. The van der Waals surface area contributed by atoms with E-state index in [2.05, 4.69) is 26.0 Å². The van der Waals surface area contributed by atoms with Crippen LogP contribution in [0.2, 0.25) is 0 Å². The second-order valence-corrected chi connectivity index (χ2v) is 9.63. The Hall–Kier alpha value is -0.820. The highest BCUT2D eigenvalue weighted by Gasteiger charge is 2.37. The summed E-state index contributed by atoms with van der Waals surface area (Å²) in [6.45, 7) is 6.52. The van der Waals surface area contributed by atoms with Crippen molar-refractivity contribution in [2.24, 2.45) is 11.3 Å². The van der Waals surface area contributed by atoms with Gasteiger partial charge >= 0.3 is 0 Å². The van der Waals surface area contributed by atoms with E-state index in [1.165, 1.54) is 89.0 Å². The molecule has 0 aliphatic rings. The summed E-state index contributed by atoms with van der Waals surface area (Å²) in [4.78, 5) is 12.2. The van der Waals surface area contributed by atoms with Gasteiger partial charge in [0.2, 0.25) is 5.24 Å². The summed E-state index contributed by atoms with van der Waals surface area (Å²) < 4.78 is 0. The molecule has 0 heterocycles. The zero-order valence-electron chi connectivity index (χ0n) is 19.4. The lowest BCUT2D eigenvalue weighted by Gasteiger charge is -2.32. The van der Waals surface area contributed by atoms with Crippen molar-refractivity contribution >= 4 is 16.8 Å². The standard InChI is InChI=1S/C27H45ClO/c1-4-5-6-7-8-9-10-11-12-13-14-15-17-20-24(2)27(3,26(28)29)23-25-21-18-16-19-22-25/h16,18-19,21-22,24H,4-15,17,20,23H2,1-3H3. The first-order valence-electron chi connectivity index (χ1n) is 12.2. The molecule has 0 bridgehead atoms. The summed E-state index contributed by atoms with van der Waals surface area (Å²) in [6, 6.07) is 10.3. The minimum Gasteiger partial charge on any atom is -0.281 e. The average Bonchev–Trinajstić information content (AvgIpc) is 2.71. The van der Waals surface area contributed by atoms with Crippen LogP contribution in [-0.4, -0.2) is 5.24 Å². The summed E-state index contributed by atoms with van der Waals surface area (Å²) >= 11 is 6.05. The molecule has 0 saturated heterocycles. The molecule has 1 aromatic carbocycles. The molecule has 166 valence electrons. The Morgan fingerprint density at radius 1 is 0.828 bits per heavy atom. The summed E-state index contributed by atoms with van der Waals surface area (Å²) in [5, 5.41) is -0.191. The Bertz CT molecular complexity index is 527. The lowest BCUT2D eigenvalue weighted by molar-refractivity contribution is -0.122. The van der Waals surface area contributed by atoms with Crippen LogP contribution in [0.5, 0.6) is 0 Å². The minimum atomic E-state index is -0.472. The molecular weight excluding hydrogens is 376 g/mol. The molecule has 2 unspecified atom stereocenters. The zero-order chi connectivity index (χ0) is 21.4. The first kappa shape index (κ1) is 26.2. The third-order valence-electron chi connectivity index (χ3n) is 6.69. The van der Waals surface area contributed by atoms with Crippen molar-refractivity contribution in [2.75, 3.05) is 0 Å². The van der Waals surface area contributed by atoms with Crippen molar-refractivity contribution in [3.8, 4) is 0 Å². The third-order valence-corrected chi connectivity index (χ3v) is 7.12. The van der Waals surface area contributed by atoms with Crippen molar-refractivity contribution in [2.45, 2.75) is 117 Å². The highest BCUT2D eigenvalue weighted by atomic mass is 35.5. The molecular formula is C27H45ClO. The highest BCUT2D eigenvalue weighted by molar-refractivity contribution is 6.64. The summed E-state index contributed by atoms with van der Waals surface area (Å²) in [5.74, 6) is 0.306. The first-order valence-corrected chi connectivity index (χ1v) is 12.6. The first-order chi connectivity index (χ1) is 14.0. The number of hydrogen-bond acceptors (Lipinski definition) is 1. The number of hydrogen-bond donors (Lipinski definition) is 0. The Labute approximate surface area is 186 Å². The summed E-state index contributed by atoms with van der Waals surface area (Å²) in [5.41, 5.74) is 0.723. The van der Waals surface area contributed by atoms with Gasteiger partial charge in [0.25, 0.3) is 0 Å². The van der Waals surface area contributed by atoms with E-state index in [9.17, 15) is 4.79 Å². The van der Waals surface area contributed by atoms with Crippen LogP contribution in [0, 0.1) is 11.3 Å². The molecule has 0 aliphatic heterocycles. The number of carbonyl (C=O) groups excluding carboxylic acids is 1. The van der Waals surface area contributed by atoms with Gasteiger partial charge in [-0.25, -0.2) is 0 Å². The molecule has 0 spiro atoms. The largest absolute Gasteiger partial charge is 0.281 e. The number of halogens is 1. The van der Waals surface area contributed by atoms with Crippen molar-refractivity contribution in [1.29, 1.82) is 0 Å². The van der Waals surface area contributed by atoms with E-state index in [0.717, 1.165) is 12.8 Å². The van der Waals surface area contributed by atoms with Gasteiger partial charge < -0.3 is 0 Å². The second kappa shape index (κ2) is 15.9. The van der Waals surface area contributed by atoms with E-state index in [1.807, 2.05) is 25.1 Å². The zero-order valence-corrected chi connectivity index (χ0v) is 20.1. The van der Waals surface area contributed by atoms with Gasteiger partial charge in [-0.2, -0.15) is 0 Å². The predicted molar refractivity (Wildman–Crippen MR) is 129 cm³/mol. The van der Waals surface area contributed by atoms with Gasteiger partial charge in [0.1, 0.15) is 0 Å². The van der Waals surface area contributed by atoms with Crippen LogP contribution in [0.1, 0.15) is 116 Å². The van der Waals surface area contributed by atoms with Crippen LogP contribution in [0.25, 0.3) is 0 Å². The highest BCUT2D eigenvalue weighted by Crippen LogP contribution is 2.37. The van der Waals surface area contributed by atoms with Gasteiger partial charge in [-0.1, -0.05) is 135 Å². The monoisotopic (exact) mass is 420 g/mol. The molecule has 0 amide bonds. The molecule has 29 heavy (non-hydrogen) atoms. The Kier molecular flexibility index (Phi) is 14.4. The van der Waals surface area contributed by atoms with Crippen LogP contribution in [0.3, 0.4) is 0 Å². The molecule has 0 aliphatic carbocycles. The van der Waals surface area contributed by atoms with Gasteiger partial charge in [-0.05, 0) is 35.9 Å². The van der Waals surface area contributed by atoms with E-state index >= 15 is 0 Å². The molecule has 0 fully saturated rings. The van der Waals surface area contributed by atoms with Crippen molar-refractivity contribution in [3.63, 3.8) is 0 Å². The molecule has 1 rings (SSSR count). The maximum Gasteiger partial charge on any atom is 0.228 e. The molecule has 2 heteroatoms. The van der Waals surface area contributed by atoms with E-state index in [4.69, 9.17) is 11.6 Å². The van der Waals surface area contributed by atoms with E-state index in [-0.39, 0.29) is 5.24 Å². The Morgan fingerprint density at radius 3 is 1.72 bits per heavy atom. The molecule has 2 atom stereocenters. The van der Waals surface area contributed by atoms with Crippen LogP contribution in [-0.2, 0) is 11.2 Å². The number of unbranched alkanes of at least 4 members (excludes halogenated alkanes) is 12. The number of carbonyl (C=O) groups is 1. The number of benzene rings is 1. The SMILES string of the molecule is CCCCCCCCCCCCCCCC(C)C(C)(Cc1ccccc1)C(=O)Cl. The van der Waals surface area contributed by atoms with Crippen LogP contribution in [0.4, 0.5) is 0 Å². The normalized spacial score (nSPS) is 14.5. The predicted octanol–water partition coefficient (Wildman–Crippen LogP) is 9.12. The van der Waals surface area contributed by atoms with Crippen molar-refractivity contribution in [3.05, 3.63) is 35.9 Å². The minimum absolute atomic E-state index is 0.191. The molecule has 1 aromatic rings. The van der Waals surface area contributed by atoms with Gasteiger partial charge in [-0.15, -0.1) is 0 Å². The maximum absolute atomic E-state index is 12.2. The molecule has 0 N–H and O–H groups in total. The lowest BCUT2D eigenvalue weighted by Crippen LogP contribution is -2.34. The summed E-state index contributed by atoms with van der Waals surface area (Å²) in [7, 11) is 0. The molecule has 0 radical (unpaired) electrons. The van der Waals surface area contributed by atoms with Gasteiger partial charge in [-0.3, -0.25) is 4.79 Å². The van der Waals surface area contributed by atoms with Crippen molar-refractivity contribution in [1.82, 2.24) is 0 Å². The van der Waals surface area contributed by atoms with Crippen LogP contribution in [0.15, 0.2) is 30.3 Å². The van der Waals surface area contributed by atoms with Crippen LogP contribution < -0.4 is 0 Å². The Morgan fingerprint density at radius 2 is 1.28 bits per heavy atom. The van der Waals surface area contributed by atoms with Crippen LogP contribution >= 0.6 is 11.6 Å². The third kappa shape index (κ3) is 11.2. The smallest absolute Gasteiger partial charge is 0.228 e. The fourth-order valence-electron chi connectivity index (χ4n) is 4.24. The van der Waals surface area contributed by atoms with E-state index in [1.54, 1.807) is 0 Å².